The largest absolute Gasteiger partial charge is 0.407 e. The molecule has 1 heterocycles. The van der Waals surface area contributed by atoms with Crippen LogP contribution in [-0.2, 0) is 17.6 Å². The molecule has 0 atom stereocenters. The number of hydrogen-bond donors (Lipinski definition) is 1. The number of nitro benzene ring substituents is 1. The summed E-state index contributed by atoms with van der Waals surface area (Å²) in [7, 11) is 0. The highest BCUT2D eigenvalue weighted by molar-refractivity contribution is 5.90. The third kappa shape index (κ3) is 4.75. The lowest BCUT2D eigenvalue weighted by Gasteiger charge is -2.03. The number of nitro groups is 1. The fourth-order valence-electron chi connectivity index (χ4n) is 2.55. The second-order valence-corrected chi connectivity index (χ2v) is 6.24. The van der Waals surface area contributed by atoms with E-state index in [1.807, 2.05) is 26.0 Å². The molecule has 8 heteroatoms. The molecule has 0 radical (unpaired) electrons. The van der Waals surface area contributed by atoms with Gasteiger partial charge in [-0.3, -0.25) is 20.2 Å². The quantitative estimate of drug-likeness (QED) is 0.529. The van der Waals surface area contributed by atoms with E-state index in [0.29, 0.717) is 17.9 Å². The van der Waals surface area contributed by atoms with Crippen molar-refractivity contribution in [2.24, 2.45) is 0 Å². The Morgan fingerprint density at radius 1 is 1.07 bits per heavy atom. The van der Waals surface area contributed by atoms with Crippen LogP contribution in [0, 0.1) is 24.0 Å². The maximum absolute atomic E-state index is 12.1. The van der Waals surface area contributed by atoms with Gasteiger partial charge < -0.3 is 4.42 Å². The van der Waals surface area contributed by atoms with E-state index >= 15 is 0 Å². The topological polar surface area (TPSA) is 111 Å². The molecule has 3 aromatic rings. The molecule has 3 rings (SSSR count). The Bertz CT molecular complexity index is 980. The van der Waals surface area contributed by atoms with E-state index in [4.69, 9.17) is 4.42 Å². The minimum atomic E-state index is -0.487. The van der Waals surface area contributed by atoms with Crippen molar-refractivity contribution in [3.8, 4) is 0 Å². The van der Waals surface area contributed by atoms with Gasteiger partial charge in [-0.2, -0.15) is 0 Å². The first-order valence-corrected chi connectivity index (χ1v) is 8.32. The highest BCUT2D eigenvalue weighted by Crippen LogP contribution is 2.16. The van der Waals surface area contributed by atoms with Crippen LogP contribution < -0.4 is 5.32 Å². The van der Waals surface area contributed by atoms with Crippen LogP contribution in [0.4, 0.5) is 11.7 Å². The predicted molar refractivity (Wildman–Crippen MR) is 98.5 cm³/mol. The van der Waals surface area contributed by atoms with Gasteiger partial charge in [0.1, 0.15) is 0 Å². The Morgan fingerprint density at radius 3 is 2.44 bits per heavy atom. The number of amides is 1. The maximum atomic E-state index is 12.1. The first-order chi connectivity index (χ1) is 12.9. The molecule has 0 aliphatic rings. The second-order valence-electron chi connectivity index (χ2n) is 6.24. The van der Waals surface area contributed by atoms with E-state index in [1.54, 1.807) is 0 Å². The molecule has 0 spiro atoms. The monoisotopic (exact) mass is 366 g/mol. The van der Waals surface area contributed by atoms with Crippen LogP contribution in [-0.4, -0.2) is 21.0 Å². The maximum Gasteiger partial charge on any atom is 0.322 e. The lowest BCUT2D eigenvalue weighted by molar-refractivity contribution is -0.384. The molecular formula is C19H18N4O4. The van der Waals surface area contributed by atoms with Crippen LogP contribution in [0.5, 0.6) is 0 Å². The number of nitrogens with one attached hydrogen (secondary N) is 1. The van der Waals surface area contributed by atoms with Gasteiger partial charge >= 0.3 is 6.01 Å². The molecule has 138 valence electrons. The van der Waals surface area contributed by atoms with Crippen LogP contribution in [0.15, 0.2) is 46.9 Å². The third-order valence-electron chi connectivity index (χ3n) is 4.15. The van der Waals surface area contributed by atoms with Crippen molar-refractivity contribution in [3.63, 3.8) is 0 Å². The van der Waals surface area contributed by atoms with Crippen LogP contribution in [0.25, 0.3) is 0 Å². The molecule has 0 fully saturated rings. The third-order valence-corrected chi connectivity index (χ3v) is 4.15. The van der Waals surface area contributed by atoms with Gasteiger partial charge in [-0.15, -0.1) is 5.10 Å². The van der Waals surface area contributed by atoms with E-state index in [0.717, 1.165) is 5.56 Å². The van der Waals surface area contributed by atoms with Gasteiger partial charge in [0.2, 0.25) is 11.8 Å². The number of rotatable bonds is 6. The molecule has 0 unspecified atom stereocenters. The van der Waals surface area contributed by atoms with E-state index < -0.39 is 4.92 Å². The highest BCUT2D eigenvalue weighted by Gasteiger charge is 2.12. The fourth-order valence-corrected chi connectivity index (χ4v) is 2.55. The summed E-state index contributed by atoms with van der Waals surface area (Å²) >= 11 is 0. The summed E-state index contributed by atoms with van der Waals surface area (Å²) < 4.78 is 5.47. The van der Waals surface area contributed by atoms with Crippen LogP contribution in [0.1, 0.15) is 28.1 Å². The zero-order valence-corrected chi connectivity index (χ0v) is 14.9. The zero-order valence-electron chi connectivity index (χ0n) is 14.9. The molecule has 0 aliphatic carbocycles. The van der Waals surface area contributed by atoms with Crippen molar-refractivity contribution in [2.75, 3.05) is 5.32 Å². The van der Waals surface area contributed by atoms with E-state index in [9.17, 15) is 14.9 Å². The molecule has 0 saturated carbocycles. The molecule has 0 saturated heterocycles. The number of non-ortho nitro benzene ring substituents is 1. The van der Waals surface area contributed by atoms with Gasteiger partial charge in [0.05, 0.1) is 17.8 Å². The number of aromatic nitrogens is 2. The molecule has 8 nitrogen and oxygen atoms in total. The van der Waals surface area contributed by atoms with Gasteiger partial charge in [0.25, 0.3) is 5.69 Å². The first-order valence-electron chi connectivity index (χ1n) is 8.32. The van der Waals surface area contributed by atoms with E-state index in [1.165, 1.54) is 35.4 Å². The second kappa shape index (κ2) is 7.77. The Hall–Kier alpha value is -3.55. The Balaban J connectivity index is 1.58. The van der Waals surface area contributed by atoms with Crippen molar-refractivity contribution in [3.05, 3.63) is 80.7 Å². The average molecular weight is 366 g/mol. The number of benzene rings is 2. The van der Waals surface area contributed by atoms with Gasteiger partial charge in [-0.25, -0.2) is 0 Å². The van der Waals surface area contributed by atoms with Crippen LogP contribution in [0.2, 0.25) is 0 Å². The molecule has 27 heavy (non-hydrogen) atoms. The summed E-state index contributed by atoms with van der Waals surface area (Å²) in [6.45, 7) is 4.08. The number of aryl methyl sites for hydroxylation is 2. The summed E-state index contributed by atoms with van der Waals surface area (Å²) in [5, 5.41) is 21.0. The minimum Gasteiger partial charge on any atom is -0.407 e. The van der Waals surface area contributed by atoms with Gasteiger partial charge in [-0.05, 0) is 36.1 Å². The van der Waals surface area contributed by atoms with Crippen molar-refractivity contribution in [1.29, 1.82) is 0 Å². The SMILES string of the molecule is Cc1ccc(Cc2nnc(NC(=O)Cc3ccc([N+](=O)[O-])cc3)o2)cc1C. The smallest absolute Gasteiger partial charge is 0.322 e. The lowest BCUT2D eigenvalue weighted by Crippen LogP contribution is -2.14. The summed E-state index contributed by atoms with van der Waals surface area (Å²) in [4.78, 5) is 22.2. The first kappa shape index (κ1) is 18.2. The van der Waals surface area contributed by atoms with Crippen LogP contribution in [0.3, 0.4) is 0 Å². The minimum absolute atomic E-state index is 0.0213. The summed E-state index contributed by atoms with van der Waals surface area (Å²) in [5.74, 6) is 0.0640. The number of nitrogens with zero attached hydrogens (tertiary/aromatic N) is 3. The number of hydrogen-bond acceptors (Lipinski definition) is 6. The molecular weight excluding hydrogens is 348 g/mol. The number of carbonyl (C=O) groups is 1. The van der Waals surface area contributed by atoms with Crippen molar-refractivity contribution in [1.82, 2.24) is 10.2 Å². The summed E-state index contributed by atoms with van der Waals surface area (Å²) in [6, 6.07) is 11.9. The predicted octanol–water partition coefficient (Wildman–Crippen LogP) is 3.37. The van der Waals surface area contributed by atoms with E-state index in [-0.39, 0.29) is 24.0 Å². The van der Waals surface area contributed by atoms with Crippen LogP contribution >= 0.6 is 0 Å². The van der Waals surface area contributed by atoms with Gasteiger partial charge in [0.15, 0.2) is 0 Å². The molecule has 1 N–H and O–H groups in total. The van der Waals surface area contributed by atoms with Gasteiger partial charge in [0, 0.05) is 12.1 Å². The average Bonchev–Trinajstić information content (AvgIpc) is 3.05. The standard InChI is InChI=1S/C19H18N4O4/c1-12-3-4-15(9-13(12)2)11-18-21-22-19(27-18)20-17(24)10-14-5-7-16(8-6-14)23(25)26/h3-9H,10-11H2,1-2H3,(H,20,22,24). The molecule has 1 aromatic heterocycles. The summed E-state index contributed by atoms with van der Waals surface area (Å²) in [5.41, 5.74) is 4.07. The normalized spacial score (nSPS) is 10.6. The molecule has 1 amide bonds. The fraction of sp³-hybridized carbons (Fsp3) is 0.211. The van der Waals surface area contributed by atoms with Gasteiger partial charge in [-0.1, -0.05) is 35.4 Å². The molecule has 0 aliphatic heterocycles. The van der Waals surface area contributed by atoms with E-state index in [2.05, 4.69) is 21.6 Å². The number of anilines is 1. The summed E-state index contributed by atoms with van der Waals surface area (Å²) in [6.07, 6.45) is 0.527. The lowest BCUT2D eigenvalue weighted by atomic mass is 10.0. The van der Waals surface area contributed by atoms with Crippen molar-refractivity contribution in [2.45, 2.75) is 26.7 Å². The van der Waals surface area contributed by atoms with Crippen molar-refractivity contribution >= 4 is 17.6 Å². The molecule has 0 bridgehead atoms. The zero-order chi connectivity index (χ0) is 19.4. The Morgan fingerprint density at radius 2 is 1.78 bits per heavy atom. The Kier molecular flexibility index (Phi) is 5.25. The highest BCUT2D eigenvalue weighted by atomic mass is 16.6. The number of carbonyl (C=O) groups excluding carboxylic acids is 1. The van der Waals surface area contributed by atoms with Crippen molar-refractivity contribution < 1.29 is 14.1 Å². The molecule has 2 aromatic carbocycles. The Labute approximate surface area is 155 Å².